The molecule has 0 aromatic heterocycles. The van der Waals surface area contributed by atoms with Crippen molar-refractivity contribution in [2.75, 3.05) is 26.4 Å². The Bertz CT molecular complexity index is 233. The van der Waals surface area contributed by atoms with E-state index in [9.17, 15) is 9.70 Å². The van der Waals surface area contributed by atoms with Gasteiger partial charge >= 0.3 is 0 Å². The second-order valence-electron chi connectivity index (χ2n) is 4.69. The normalized spacial score (nSPS) is 12.3. The average Bonchev–Trinajstić information content (AvgIpc) is 2.44. The highest BCUT2D eigenvalue weighted by molar-refractivity contribution is 5.76. The van der Waals surface area contributed by atoms with Crippen molar-refractivity contribution >= 4 is 5.91 Å². The third kappa shape index (κ3) is 12.0. The van der Waals surface area contributed by atoms with Crippen molar-refractivity contribution in [3.05, 3.63) is 4.91 Å². The number of ether oxygens (including phenoxy) is 2. The number of amides is 1. The molecular weight excluding hydrogens is 246 g/mol. The summed E-state index contributed by atoms with van der Waals surface area (Å²) in [5.74, 6) is 0.0396. The van der Waals surface area contributed by atoms with Crippen molar-refractivity contribution in [3.8, 4) is 0 Å². The topological polar surface area (TPSA) is 65.0 Å². The molecule has 1 amide bonds. The average molecular weight is 273 g/mol. The van der Waals surface area contributed by atoms with Gasteiger partial charge in [-0.25, -0.2) is 0 Å². The van der Waals surface area contributed by atoms with Gasteiger partial charge in [-0.05, 0) is 18.8 Å². The first-order chi connectivity index (χ1) is 9.24. The van der Waals surface area contributed by atoms with Crippen LogP contribution in [0.2, 0.25) is 0 Å². The van der Waals surface area contributed by atoms with Crippen LogP contribution in [0.5, 0.6) is 0 Å². The van der Waals surface area contributed by atoms with Crippen LogP contribution in [0.25, 0.3) is 0 Å². The molecule has 0 fully saturated rings. The van der Waals surface area contributed by atoms with E-state index >= 15 is 0 Å². The summed E-state index contributed by atoms with van der Waals surface area (Å²) in [6.45, 7) is 6.78. The van der Waals surface area contributed by atoms with Gasteiger partial charge in [-0.1, -0.05) is 33.1 Å². The maximum Gasteiger partial charge on any atom is 0.286 e. The molecule has 0 aliphatic rings. The van der Waals surface area contributed by atoms with Crippen LogP contribution in [0.15, 0.2) is 5.18 Å². The molecule has 0 aliphatic heterocycles. The zero-order chi connectivity index (χ0) is 14.3. The molecule has 5 nitrogen and oxygen atoms in total. The van der Waals surface area contributed by atoms with E-state index in [0.717, 1.165) is 13.0 Å². The summed E-state index contributed by atoms with van der Waals surface area (Å²) >= 11 is 0. The Morgan fingerprint density at radius 3 is 2.47 bits per heavy atom. The fourth-order valence-corrected chi connectivity index (χ4v) is 1.74. The molecule has 0 N–H and O–H groups in total. The number of unbranched alkanes of at least 4 members (excludes halogenated alkanes) is 1. The molecule has 0 spiro atoms. The van der Waals surface area contributed by atoms with Crippen molar-refractivity contribution in [2.24, 2.45) is 11.1 Å². The van der Waals surface area contributed by atoms with E-state index in [0.29, 0.717) is 32.2 Å². The highest BCUT2D eigenvalue weighted by Gasteiger charge is 2.05. The summed E-state index contributed by atoms with van der Waals surface area (Å²) in [5.41, 5.74) is 0. The second kappa shape index (κ2) is 13.6. The molecule has 112 valence electrons. The van der Waals surface area contributed by atoms with Gasteiger partial charge in [0.2, 0.25) is 0 Å². The maximum atomic E-state index is 10.6. The highest BCUT2D eigenvalue weighted by atomic mass is 16.5. The van der Waals surface area contributed by atoms with Gasteiger partial charge in [0.1, 0.15) is 0 Å². The summed E-state index contributed by atoms with van der Waals surface area (Å²) < 4.78 is 10.9. The first kappa shape index (κ1) is 18.2. The first-order valence-electron chi connectivity index (χ1n) is 7.26. The fourth-order valence-electron chi connectivity index (χ4n) is 1.74. The Labute approximate surface area is 116 Å². The molecule has 0 aromatic rings. The van der Waals surface area contributed by atoms with Crippen LogP contribution in [0, 0.1) is 10.8 Å². The van der Waals surface area contributed by atoms with E-state index in [-0.39, 0.29) is 6.42 Å². The third-order valence-corrected chi connectivity index (χ3v) is 3.05. The van der Waals surface area contributed by atoms with Crippen LogP contribution in [-0.4, -0.2) is 32.3 Å². The number of nitrogens with zero attached hydrogens (tertiary/aromatic N) is 1. The van der Waals surface area contributed by atoms with Gasteiger partial charge in [0.15, 0.2) is 0 Å². The number of hydrogen-bond acceptors (Lipinski definition) is 4. The molecule has 0 saturated heterocycles. The van der Waals surface area contributed by atoms with Crippen molar-refractivity contribution < 1.29 is 14.3 Å². The predicted molar refractivity (Wildman–Crippen MR) is 75.0 cm³/mol. The van der Waals surface area contributed by atoms with Crippen molar-refractivity contribution in [1.29, 1.82) is 0 Å². The summed E-state index contributed by atoms with van der Waals surface area (Å²) in [6.07, 6.45) is 5.58. The van der Waals surface area contributed by atoms with E-state index in [4.69, 9.17) is 9.47 Å². The maximum absolute atomic E-state index is 10.6. The highest BCUT2D eigenvalue weighted by Crippen LogP contribution is 2.12. The molecule has 1 atom stereocenters. The fraction of sp³-hybridized carbons (Fsp3) is 0.929. The third-order valence-electron chi connectivity index (χ3n) is 3.05. The summed E-state index contributed by atoms with van der Waals surface area (Å²) in [4.78, 5) is 20.4. The Balaban J connectivity index is 3.29. The number of rotatable bonds is 13. The van der Waals surface area contributed by atoms with Gasteiger partial charge in [-0.3, -0.25) is 4.79 Å². The van der Waals surface area contributed by atoms with Crippen molar-refractivity contribution in [1.82, 2.24) is 0 Å². The number of carbonyl (C=O) groups is 1. The molecule has 0 saturated carbocycles. The van der Waals surface area contributed by atoms with Gasteiger partial charge in [0.25, 0.3) is 5.91 Å². The lowest BCUT2D eigenvalue weighted by molar-refractivity contribution is -0.118. The molecule has 0 bridgehead atoms. The lowest BCUT2D eigenvalue weighted by Gasteiger charge is -2.14. The van der Waals surface area contributed by atoms with E-state index in [1.54, 1.807) is 0 Å². The molecule has 0 heterocycles. The zero-order valence-electron chi connectivity index (χ0n) is 12.2. The SMILES string of the molecule is CCCCC(CC)COCCOCCCC(=O)N=O. The van der Waals surface area contributed by atoms with Gasteiger partial charge in [0, 0.05) is 24.8 Å². The Kier molecular flexibility index (Phi) is 13.0. The number of nitroso groups, excluding NO2 is 1. The quantitative estimate of drug-likeness (QED) is 0.381. The Morgan fingerprint density at radius 1 is 1.11 bits per heavy atom. The van der Waals surface area contributed by atoms with Crippen molar-refractivity contribution in [2.45, 2.75) is 52.4 Å². The summed E-state index contributed by atoms with van der Waals surface area (Å²) in [7, 11) is 0. The van der Waals surface area contributed by atoms with Crippen LogP contribution < -0.4 is 0 Å². The molecule has 5 heteroatoms. The van der Waals surface area contributed by atoms with Crippen molar-refractivity contribution in [3.63, 3.8) is 0 Å². The largest absolute Gasteiger partial charge is 0.379 e. The van der Waals surface area contributed by atoms with Crippen LogP contribution in [0.3, 0.4) is 0 Å². The molecule has 0 aromatic carbocycles. The van der Waals surface area contributed by atoms with E-state index in [1.807, 2.05) is 0 Å². The first-order valence-corrected chi connectivity index (χ1v) is 7.26. The smallest absolute Gasteiger partial charge is 0.286 e. The van der Waals surface area contributed by atoms with Gasteiger partial charge in [-0.15, -0.1) is 4.91 Å². The monoisotopic (exact) mass is 273 g/mol. The molecule has 1 unspecified atom stereocenters. The standard InChI is InChI=1S/C14H27NO4/c1-3-5-7-13(4-2)12-19-11-10-18-9-6-8-14(16)15-17/h13H,3-12H2,1-2H3. The minimum Gasteiger partial charge on any atom is -0.379 e. The number of carbonyl (C=O) groups excluding carboxylic acids is 1. The molecule has 0 aliphatic carbocycles. The van der Waals surface area contributed by atoms with Crippen LogP contribution >= 0.6 is 0 Å². The molecular formula is C14H27NO4. The van der Waals surface area contributed by atoms with E-state index in [1.165, 1.54) is 19.3 Å². The minimum atomic E-state index is -0.610. The van der Waals surface area contributed by atoms with Crippen LogP contribution in [-0.2, 0) is 14.3 Å². The van der Waals surface area contributed by atoms with Gasteiger partial charge in [-0.2, -0.15) is 0 Å². The Morgan fingerprint density at radius 2 is 1.84 bits per heavy atom. The molecule has 0 radical (unpaired) electrons. The van der Waals surface area contributed by atoms with E-state index < -0.39 is 5.91 Å². The Hall–Kier alpha value is -0.810. The van der Waals surface area contributed by atoms with Crippen LogP contribution in [0.4, 0.5) is 0 Å². The van der Waals surface area contributed by atoms with E-state index in [2.05, 4.69) is 19.0 Å². The zero-order valence-corrected chi connectivity index (χ0v) is 12.2. The molecule has 19 heavy (non-hydrogen) atoms. The van der Waals surface area contributed by atoms with Gasteiger partial charge in [0.05, 0.1) is 13.2 Å². The lowest BCUT2D eigenvalue weighted by Crippen LogP contribution is -2.12. The summed E-state index contributed by atoms with van der Waals surface area (Å²) in [6, 6.07) is 0. The second-order valence-corrected chi connectivity index (χ2v) is 4.69. The molecule has 0 rings (SSSR count). The minimum absolute atomic E-state index is 0.166. The lowest BCUT2D eigenvalue weighted by atomic mass is 10.0. The predicted octanol–water partition coefficient (Wildman–Crippen LogP) is 3.31. The summed E-state index contributed by atoms with van der Waals surface area (Å²) in [5, 5.41) is 2.32. The number of hydrogen-bond donors (Lipinski definition) is 0. The van der Waals surface area contributed by atoms with Gasteiger partial charge < -0.3 is 9.47 Å². The van der Waals surface area contributed by atoms with Crippen LogP contribution in [0.1, 0.15) is 52.4 Å².